The molecule has 0 saturated carbocycles. The van der Waals surface area contributed by atoms with Crippen LogP contribution in [0.15, 0.2) is 6.07 Å². The van der Waals surface area contributed by atoms with Crippen molar-refractivity contribution in [3.63, 3.8) is 0 Å². The highest BCUT2D eigenvalue weighted by molar-refractivity contribution is 5.46. The van der Waals surface area contributed by atoms with Gasteiger partial charge in [-0.05, 0) is 6.07 Å². The van der Waals surface area contributed by atoms with E-state index in [2.05, 4.69) is 4.98 Å². The first-order valence-electron chi connectivity index (χ1n) is 4.33. The van der Waals surface area contributed by atoms with E-state index in [1.54, 1.807) is 0 Å². The number of nitrogens with zero attached hydrogens (tertiary/aromatic N) is 2. The molecule has 1 aromatic rings. The van der Waals surface area contributed by atoms with Crippen LogP contribution in [-0.4, -0.2) is 15.0 Å². The molecule has 10 heteroatoms. The highest BCUT2D eigenvalue weighted by Gasteiger charge is 2.38. The summed E-state index contributed by atoms with van der Waals surface area (Å²) in [6, 6.07) is 0.171. The minimum Gasteiger partial charge on any atom is -0.391 e. The van der Waals surface area contributed by atoms with Gasteiger partial charge in [-0.25, -0.2) is 13.8 Å². The topological polar surface area (TPSA) is 76.3 Å². The van der Waals surface area contributed by atoms with Crippen LogP contribution in [0.3, 0.4) is 0 Å². The fraction of sp³-hybridized carbons (Fsp3) is 0.375. The highest BCUT2D eigenvalue weighted by atomic mass is 19.4. The molecule has 0 unspecified atom stereocenters. The quantitative estimate of drug-likeness (QED) is 0.521. The smallest absolute Gasteiger partial charge is 0.391 e. The molecule has 0 bridgehead atoms. The Balaban J connectivity index is 3.59. The number of rotatable bonds is 3. The van der Waals surface area contributed by atoms with E-state index in [0.717, 1.165) is 0 Å². The number of hydrogen-bond acceptors (Lipinski definition) is 4. The van der Waals surface area contributed by atoms with E-state index in [1.807, 2.05) is 0 Å². The summed E-state index contributed by atoms with van der Waals surface area (Å²) >= 11 is 0. The van der Waals surface area contributed by atoms with Crippen molar-refractivity contribution in [2.45, 2.75) is 19.2 Å². The zero-order valence-electron chi connectivity index (χ0n) is 8.41. The summed E-state index contributed by atoms with van der Waals surface area (Å²) < 4.78 is 61.9. The van der Waals surface area contributed by atoms with E-state index < -0.39 is 46.8 Å². The second kappa shape index (κ2) is 4.80. The minimum absolute atomic E-state index is 0.171. The van der Waals surface area contributed by atoms with Gasteiger partial charge in [0.25, 0.3) is 6.43 Å². The summed E-state index contributed by atoms with van der Waals surface area (Å²) in [6.07, 6.45) is -8.60. The van der Waals surface area contributed by atoms with E-state index in [0.29, 0.717) is 0 Å². The molecule has 5 nitrogen and oxygen atoms in total. The van der Waals surface area contributed by atoms with Crippen molar-refractivity contribution in [2.75, 3.05) is 0 Å². The molecule has 0 aliphatic heterocycles. The molecule has 1 N–H and O–H groups in total. The minimum atomic E-state index is -5.04. The summed E-state index contributed by atoms with van der Waals surface area (Å²) in [4.78, 5) is 11.7. The van der Waals surface area contributed by atoms with Gasteiger partial charge in [-0.3, -0.25) is 10.1 Å². The maximum Gasteiger partial charge on any atom is 0.433 e. The van der Waals surface area contributed by atoms with E-state index in [1.165, 1.54) is 0 Å². The molecule has 0 atom stereocenters. The average Bonchev–Trinajstić information content (AvgIpc) is 2.25. The van der Waals surface area contributed by atoms with Crippen LogP contribution in [0.2, 0.25) is 0 Å². The predicted octanol–water partition coefficient (Wildman–Crippen LogP) is 2.44. The van der Waals surface area contributed by atoms with Crippen LogP contribution in [0.5, 0.6) is 0 Å². The first-order valence-corrected chi connectivity index (χ1v) is 4.33. The van der Waals surface area contributed by atoms with Crippen LogP contribution in [0.1, 0.15) is 23.4 Å². The SMILES string of the molecule is O=[N+]([O-])c1c(CO)cc(C(F)(F)F)nc1C(F)F. The molecule has 100 valence electrons. The van der Waals surface area contributed by atoms with Crippen molar-refractivity contribution in [3.8, 4) is 0 Å². The second-order valence-electron chi connectivity index (χ2n) is 3.11. The normalized spacial score (nSPS) is 11.9. The van der Waals surface area contributed by atoms with E-state index >= 15 is 0 Å². The first-order chi connectivity index (χ1) is 8.18. The molecule has 0 fully saturated rings. The van der Waals surface area contributed by atoms with Crippen LogP contribution in [0, 0.1) is 10.1 Å². The number of pyridine rings is 1. The molecule has 1 heterocycles. The number of alkyl halides is 5. The summed E-state index contributed by atoms with van der Waals surface area (Å²) in [7, 11) is 0. The highest BCUT2D eigenvalue weighted by Crippen LogP contribution is 2.36. The van der Waals surface area contributed by atoms with Gasteiger partial charge >= 0.3 is 11.9 Å². The monoisotopic (exact) mass is 272 g/mol. The number of halogens is 5. The zero-order chi connectivity index (χ0) is 14.1. The van der Waals surface area contributed by atoms with Crippen LogP contribution in [-0.2, 0) is 12.8 Å². The fourth-order valence-electron chi connectivity index (χ4n) is 1.24. The van der Waals surface area contributed by atoms with Gasteiger partial charge < -0.3 is 5.11 Å². The van der Waals surface area contributed by atoms with Crippen molar-refractivity contribution in [3.05, 3.63) is 33.1 Å². The Labute approximate surface area is 96.0 Å². The Morgan fingerprint density at radius 2 is 2.00 bits per heavy atom. The maximum absolute atomic E-state index is 12.5. The van der Waals surface area contributed by atoms with Gasteiger partial charge in [0.1, 0.15) is 5.69 Å². The molecule has 0 amide bonds. The summed E-state index contributed by atoms with van der Waals surface area (Å²) in [6.45, 7) is -1.18. The number of hydrogen-bond donors (Lipinski definition) is 1. The van der Waals surface area contributed by atoms with Gasteiger partial charge in [0.2, 0.25) is 0 Å². The molecule has 0 spiro atoms. The Morgan fingerprint density at radius 1 is 1.44 bits per heavy atom. The lowest BCUT2D eigenvalue weighted by atomic mass is 10.1. The molecule has 1 aromatic heterocycles. The third-order valence-electron chi connectivity index (χ3n) is 1.95. The fourth-order valence-corrected chi connectivity index (χ4v) is 1.24. The Bertz CT molecular complexity index is 475. The van der Waals surface area contributed by atoms with Crippen LogP contribution in [0.4, 0.5) is 27.6 Å². The standard InChI is InChI=1S/C8H5F5N2O3/c9-7(10)5-6(15(17)18)3(2-16)1-4(14-5)8(11,12)13/h1,7,16H,2H2. The van der Waals surface area contributed by atoms with E-state index in [4.69, 9.17) is 5.11 Å². The Kier molecular flexibility index (Phi) is 3.79. The van der Waals surface area contributed by atoms with E-state index in [-0.39, 0.29) is 6.07 Å². The Morgan fingerprint density at radius 3 is 2.33 bits per heavy atom. The maximum atomic E-state index is 12.5. The zero-order valence-corrected chi connectivity index (χ0v) is 8.41. The molecule has 0 aromatic carbocycles. The van der Waals surface area contributed by atoms with Gasteiger partial charge in [0.05, 0.1) is 17.1 Å². The summed E-state index contributed by atoms with van der Waals surface area (Å²) in [5, 5.41) is 19.2. The molecule has 0 aliphatic carbocycles. The third kappa shape index (κ3) is 2.70. The van der Waals surface area contributed by atoms with E-state index in [9.17, 15) is 32.1 Å². The predicted molar refractivity (Wildman–Crippen MR) is 46.8 cm³/mol. The number of aromatic nitrogens is 1. The van der Waals surface area contributed by atoms with Crippen molar-refractivity contribution < 1.29 is 32.0 Å². The lowest BCUT2D eigenvalue weighted by molar-refractivity contribution is -0.387. The molecule has 1 rings (SSSR count). The first kappa shape index (κ1) is 14.2. The van der Waals surface area contributed by atoms with Gasteiger partial charge in [0.15, 0.2) is 5.69 Å². The molecule has 0 saturated heterocycles. The van der Waals surface area contributed by atoms with Crippen LogP contribution in [0.25, 0.3) is 0 Å². The molecular weight excluding hydrogens is 267 g/mol. The molecule has 18 heavy (non-hydrogen) atoms. The van der Waals surface area contributed by atoms with Crippen LogP contribution < -0.4 is 0 Å². The van der Waals surface area contributed by atoms with Gasteiger partial charge in [0, 0.05) is 0 Å². The Hall–Kier alpha value is -1.84. The lowest BCUT2D eigenvalue weighted by Gasteiger charge is -2.10. The lowest BCUT2D eigenvalue weighted by Crippen LogP contribution is -2.13. The van der Waals surface area contributed by atoms with Crippen LogP contribution >= 0.6 is 0 Å². The number of aliphatic hydroxyl groups is 1. The second-order valence-corrected chi connectivity index (χ2v) is 3.11. The summed E-state index contributed by atoms with van der Waals surface area (Å²) in [5.74, 6) is 0. The van der Waals surface area contributed by atoms with Crippen molar-refractivity contribution >= 4 is 5.69 Å². The number of aliphatic hydroxyl groups excluding tert-OH is 1. The van der Waals surface area contributed by atoms with Crippen molar-refractivity contribution in [1.82, 2.24) is 4.98 Å². The molecule has 0 aliphatic rings. The van der Waals surface area contributed by atoms with Gasteiger partial charge in [-0.15, -0.1) is 0 Å². The average molecular weight is 272 g/mol. The summed E-state index contributed by atoms with van der Waals surface area (Å²) in [5.41, 5.74) is -5.50. The van der Waals surface area contributed by atoms with Crippen molar-refractivity contribution in [2.24, 2.45) is 0 Å². The van der Waals surface area contributed by atoms with Gasteiger partial charge in [-0.1, -0.05) is 0 Å². The molecule has 0 radical (unpaired) electrons. The third-order valence-corrected chi connectivity index (χ3v) is 1.95. The van der Waals surface area contributed by atoms with Gasteiger partial charge in [-0.2, -0.15) is 13.2 Å². The number of nitro groups is 1. The van der Waals surface area contributed by atoms with Crippen molar-refractivity contribution in [1.29, 1.82) is 0 Å². The molecular formula is C8H5F5N2O3. The largest absolute Gasteiger partial charge is 0.433 e.